The van der Waals surface area contributed by atoms with Crippen LogP contribution in [0.4, 0.5) is 0 Å². The fourth-order valence-electron chi connectivity index (χ4n) is 4.34. The molecule has 35 heavy (non-hydrogen) atoms. The van der Waals surface area contributed by atoms with Crippen molar-refractivity contribution in [2.75, 3.05) is 18.5 Å². The number of carboxylic acid groups (broad SMARTS) is 1. The van der Waals surface area contributed by atoms with Gasteiger partial charge in [0.1, 0.15) is 12.4 Å². The average molecular weight is 561 g/mol. The van der Waals surface area contributed by atoms with Crippen LogP contribution in [-0.4, -0.2) is 40.9 Å². The molecule has 1 N–H and O–H groups in total. The second-order valence-corrected chi connectivity index (χ2v) is 10.5. The lowest BCUT2D eigenvalue weighted by Gasteiger charge is -2.21. The summed E-state index contributed by atoms with van der Waals surface area (Å²) in [6.45, 7) is 3.32. The molecule has 0 spiro atoms. The van der Waals surface area contributed by atoms with E-state index in [0.29, 0.717) is 31.9 Å². The maximum absolute atomic E-state index is 11.7. The van der Waals surface area contributed by atoms with Crippen LogP contribution in [0, 0.1) is 5.92 Å². The molecule has 1 aromatic heterocycles. The van der Waals surface area contributed by atoms with E-state index in [4.69, 9.17) is 14.0 Å². The lowest BCUT2D eigenvalue weighted by atomic mass is 9.96. The van der Waals surface area contributed by atoms with Gasteiger partial charge in [0, 0.05) is 18.0 Å². The molecule has 0 fully saturated rings. The number of carbonyl (C=O) groups is 1. The van der Waals surface area contributed by atoms with Crippen molar-refractivity contribution >= 4 is 21.9 Å². The molecule has 0 bridgehead atoms. The van der Waals surface area contributed by atoms with Gasteiger partial charge in [-0.25, -0.2) is 0 Å². The Morgan fingerprint density at radius 3 is 2.06 bits per heavy atom. The number of rotatable bonds is 26. The highest BCUT2D eigenvalue weighted by Crippen LogP contribution is 2.20. The summed E-state index contributed by atoms with van der Waals surface area (Å²) in [5, 5.41) is 14.3. The van der Waals surface area contributed by atoms with Crippen molar-refractivity contribution in [2.24, 2.45) is 5.92 Å². The quantitative estimate of drug-likeness (QED) is 0.0903. The molecule has 1 aromatic rings. The second kappa shape index (κ2) is 23.3. The Bertz CT molecular complexity index is 584. The molecule has 0 saturated carbocycles. The summed E-state index contributed by atoms with van der Waals surface area (Å²) < 4.78 is 16.6. The Kier molecular flexibility index (Phi) is 21.3. The molecule has 2 atom stereocenters. The summed E-state index contributed by atoms with van der Waals surface area (Å²) in [5.41, 5.74) is 0. The number of carboxylic acids is 1. The zero-order chi connectivity index (χ0) is 25.4. The smallest absolute Gasteiger partial charge is 0.306 e. The minimum Gasteiger partial charge on any atom is -0.481 e. The zero-order valence-corrected chi connectivity index (χ0v) is 23.7. The third kappa shape index (κ3) is 18.8. The largest absolute Gasteiger partial charge is 0.481 e. The molecule has 2 unspecified atom stereocenters. The number of aliphatic carboxylic acids is 1. The Balaban J connectivity index is 2.11. The van der Waals surface area contributed by atoms with Crippen molar-refractivity contribution in [2.45, 2.75) is 129 Å². The third-order valence-electron chi connectivity index (χ3n) is 6.48. The third-order valence-corrected chi connectivity index (χ3v) is 7.04. The van der Waals surface area contributed by atoms with E-state index in [1.54, 1.807) is 6.07 Å². The SMILES string of the molecule is CCCCCCCCCCCCCCCCOCC(CC(CCCCBr)C(=O)O)Oc1ccon1. The first kappa shape index (κ1) is 31.9. The molecule has 0 aliphatic carbocycles. The molecular formula is C28H50BrNO5. The lowest BCUT2D eigenvalue weighted by Crippen LogP contribution is -2.29. The van der Waals surface area contributed by atoms with E-state index in [1.807, 2.05) is 0 Å². The molecule has 0 saturated heterocycles. The fraction of sp³-hybridized carbons (Fsp3) is 0.857. The highest BCUT2D eigenvalue weighted by molar-refractivity contribution is 9.09. The Labute approximate surface area is 222 Å². The van der Waals surface area contributed by atoms with Gasteiger partial charge in [0.2, 0.25) is 0 Å². The van der Waals surface area contributed by atoms with E-state index in [0.717, 1.165) is 24.6 Å². The van der Waals surface area contributed by atoms with E-state index in [2.05, 4.69) is 28.0 Å². The Morgan fingerprint density at radius 2 is 1.54 bits per heavy atom. The summed E-state index contributed by atoms with van der Waals surface area (Å²) in [6.07, 6.45) is 22.6. The number of hydrogen-bond acceptors (Lipinski definition) is 5. The van der Waals surface area contributed by atoms with Crippen LogP contribution in [0.15, 0.2) is 16.9 Å². The first-order valence-corrected chi connectivity index (χ1v) is 15.2. The number of hydrogen-bond donors (Lipinski definition) is 1. The van der Waals surface area contributed by atoms with E-state index in [1.165, 1.54) is 89.7 Å². The van der Waals surface area contributed by atoms with Gasteiger partial charge in [0.05, 0.1) is 12.5 Å². The number of alkyl halides is 1. The topological polar surface area (TPSA) is 81.8 Å². The fourth-order valence-corrected chi connectivity index (χ4v) is 4.74. The first-order valence-electron chi connectivity index (χ1n) is 14.1. The highest BCUT2D eigenvalue weighted by Gasteiger charge is 2.24. The molecule has 7 heteroatoms. The Morgan fingerprint density at radius 1 is 0.943 bits per heavy atom. The van der Waals surface area contributed by atoms with Crippen molar-refractivity contribution in [3.63, 3.8) is 0 Å². The van der Waals surface area contributed by atoms with Crippen LogP contribution in [-0.2, 0) is 9.53 Å². The second-order valence-electron chi connectivity index (χ2n) is 9.70. The van der Waals surface area contributed by atoms with Crippen LogP contribution in [0.1, 0.15) is 122 Å². The van der Waals surface area contributed by atoms with Gasteiger partial charge < -0.3 is 19.1 Å². The van der Waals surface area contributed by atoms with Gasteiger partial charge in [-0.2, -0.15) is 0 Å². The van der Waals surface area contributed by atoms with Crippen LogP contribution < -0.4 is 4.74 Å². The minimum absolute atomic E-state index is 0.350. The predicted molar refractivity (Wildman–Crippen MR) is 145 cm³/mol. The van der Waals surface area contributed by atoms with Gasteiger partial charge in [-0.15, -0.1) is 0 Å². The number of nitrogens with zero attached hydrogens (tertiary/aromatic N) is 1. The van der Waals surface area contributed by atoms with Crippen LogP contribution in [0.3, 0.4) is 0 Å². The monoisotopic (exact) mass is 559 g/mol. The van der Waals surface area contributed by atoms with E-state index in [-0.39, 0.29) is 6.10 Å². The lowest BCUT2D eigenvalue weighted by molar-refractivity contribution is -0.143. The van der Waals surface area contributed by atoms with Crippen LogP contribution in [0.5, 0.6) is 5.88 Å². The van der Waals surface area contributed by atoms with Crippen LogP contribution in [0.25, 0.3) is 0 Å². The highest BCUT2D eigenvalue weighted by atomic mass is 79.9. The van der Waals surface area contributed by atoms with E-state index >= 15 is 0 Å². The molecule has 204 valence electrons. The van der Waals surface area contributed by atoms with Crippen molar-refractivity contribution in [3.05, 3.63) is 12.3 Å². The summed E-state index contributed by atoms with van der Waals surface area (Å²) in [5.74, 6) is -0.851. The normalized spacial score (nSPS) is 13.1. The predicted octanol–water partition coefficient (Wildman–Crippen LogP) is 8.58. The standard InChI is InChI=1S/C28H50BrNO5/c1-2-3-4-5-6-7-8-9-10-11-12-13-14-17-21-33-24-26(35-27-19-22-34-30-27)23-25(28(31)32)18-15-16-20-29/h19,22,25-26H,2-18,20-21,23-24H2,1H3,(H,31,32). The van der Waals surface area contributed by atoms with Gasteiger partial charge in [-0.3, -0.25) is 4.79 Å². The van der Waals surface area contributed by atoms with Crippen molar-refractivity contribution in [3.8, 4) is 5.88 Å². The van der Waals surface area contributed by atoms with Crippen molar-refractivity contribution in [1.82, 2.24) is 5.16 Å². The van der Waals surface area contributed by atoms with Gasteiger partial charge >= 0.3 is 5.97 Å². The zero-order valence-electron chi connectivity index (χ0n) is 22.1. The van der Waals surface area contributed by atoms with Gasteiger partial charge in [0.25, 0.3) is 5.88 Å². The van der Waals surface area contributed by atoms with Gasteiger partial charge in [0.15, 0.2) is 0 Å². The average Bonchev–Trinajstić information content (AvgIpc) is 3.36. The molecule has 0 aromatic carbocycles. The van der Waals surface area contributed by atoms with Crippen LogP contribution in [0.2, 0.25) is 0 Å². The van der Waals surface area contributed by atoms with Gasteiger partial charge in [-0.1, -0.05) is 113 Å². The molecule has 1 rings (SSSR count). The summed E-state index contributed by atoms with van der Waals surface area (Å²) in [6, 6.07) is 1.64. The molecule has 6 nitrogen and oxygen atoms in total. The van der Waals surface area contributed by atoms with Crippen molar-refractivity contribution in [1.29, 1.82) is 0 Å². The first-order chi connectivity index (χ1) is 17.2. The number of ether oxygens (including phenoxy) is 2. The number of halogens is 1. The van der Waals surface area contributed by atoms with Crippen molar-refractivity contribution < 1.29 is 23.9 Å². The molecule has 0 radical (unpaired) electrons. The minimum atomic E-state index is -0.778. The Hall–Kier alpha value is -1.08. The molecular weight excluding hydrogens is 510 g/mol. The maximum atomic E-state index is 11.7. The van der Waals surface area contributed by atoms with Crippen LogP contribution >= 0.6 is 15.9 Å². The summed E-state index contributed by atoms with van der Waals surface area (Å²) in [7, 11) is 0. The van der Waals surface area contributed by atoms with E-state index in [9.17, 15) is 9.90 Å². The molecule has 0 aliphatic heterocycles. The summed E-state index contributed by atoms with van der Waals surface area (Å²) in [4.78, 5) is 11.7. The summed E-state index contributed by atoms with van der Waals surface area (Å²) >= 11 is 3.41. The number of unbranched alkanes of at least 4 members (excludes halogenated alkanes) is 14. The molecule has 0 amide bonds. The van der Waals surface area contributed by atoms with E-state index < -0.39 is 11.9 Å². The molecule has 0 aliphatic rings. The van der Waals surface area contributed by atoms with Gasteiger partial charge in [-0.05, 0) is 30.8 Å². The number of aromatic nitrogens is 1. The molecule has 1 heterocycles. The maximum Gasteiger partial charge on any atom is 0.306 e.